The van der Waals surface area contributed by atoms with E-state index < -0.39 is 0 Å². The van der Waals surface area contributed by atoms with Crippen LogP contribution in [0.2, 0.25) is 0 Å². The van der Waals surface area contributed by atoms with Crippen molar-refractivity contribution >= 4 is 5.97 Å². The van der Waals surface area contributed by atoms with Crippen LogP contribution >= 0.6 is 0 Å². The van der Waals surface area contributed by atoms with Crippen LogP contribution in [0.1, 0.15) is 45.7 Å². The third-order valence-electron chi connectivity index (χ3n) is 3.50. The molecule has 0 radical (unpaired) electrons. The number of carbonyl (C=O) groups is 1. The van der Waals surface area contributed by atoms with E-state index in [1.807, 2.05) is 26.0 Å². The summed E-state index contributed by atoms with van der Waals surface area (Å²) in [5, 5.41) is 11.5. The number of nitrogens with one attached hydrogen (secondary N) is 1. The van der Waals surface area contributed by atoms with Crippen molar-refractivity contribution in [3.8, 4) is 5.88 Å². The molecule has 1 aromatic rings. The lowest BCUT2D eigenvalue weighted by Gasteiger charge is -2.25. The fourth-order valence-electron chi connectivity index (χ4n) is 1.97. The predicted octanol–water partition coefficient (Wildman–Crippen LogP) is 2.09. The molecule has 122 valence electrons. The van der Waals surface area contributed by atoms with Crippen LogP contribution < -0.4 is 10.1 Å². The van der Waals surface area contributed by atoms with Crippen molar-refractivity contribution in [1.82, 2.24) is 15.5 Å². The fraction of sp³-hybridized carbons (Fsp3) is 0.688. The molecule has 0 unspecified atom stereocenters. The molecule has 0 atom stereocenters. The summed E-state index contributed by atoms with van der Waals surface area (Å²) in [5.41, 5.74) is 0.463. The van der Waals surface area contributed by atoms with Crippen LogP contribution in [0.15, 0.2) is 12.1 Å². The zero-order chi connectivity index (χ0) is 16.0. The van der Waals surface area contributed by atoms with E-state index in [0.29, 0.717) is 31.4 Å². The highest BCUT2D eigenvalue weighted by Gasteiger charge is 2.23. The molecule has 0 bridgehead atoms. The molecule has 22 heavy (non-hydrogen) atoms. The average Bonchev–Trinajstić information content (AvgIpc) is 3.28. The Kier molecular flexibility index (Phi) is 5.71. The number of nitrogens with zero attached hydrogens (tertiary/aromatic N) is 2. The molecule has 0 spiro atoms. The standard InChI is InChI=1S/C16H25N3O3/c1-4-21-15(20)9-16(2,3)17-10-13-7-8-14(19-18-13)22-11-12-5-6-12/h7-8,12,17H,4-6,9-11H2,1-3H3. The Balaban J connectivity index is 1.76. The van der Waals surface area contributed by atoms with Gasteiger partial charge < -0.3 is 14.8 Å². The molecule has 0 amide bonds. The van der Waals surface area contributed by atoms with Crippen LogP contribution in [-0.2, 0) is 16.1 Å². The second kappa shape index (κ2) is 7.54. The number of hydrogen-bond acceptors (Lipinski definition) is 6. The molecule has 6 nitrogen and oxygen atoms in total. The Morgan fingerprint density at radius 2 is 2.14 bits per heavy atom. The highest BCUT2D eigenvalue weighted by Crippen LogP contribution is 2.29. The number of rotatable bonds is 9. The highest BCUT2D eigenvalue weighted by molar-refractivity contribution is 5.70. The zero-order valence-corrected chi connectivity index (χ0v) is 13.6. The summed E-state index contributed by atoms with van der Waals surface area (Å²) >= 11 is 0. The first-order chi connectivity index (χ1) is 10.5. The van der Waals surface area contributed by atoms with Crippen LogP contribution in [0.25, 0.3) is 0 Å². The highest BCUT2D eigenvalue weighted by atomic mass is 16.5. The lowest BCUT2D eigenvalue weighted by atomic mass is 10.0. The van der Waals surface area contributed by atoms with Gasteiger partial charge in [-0.15, -0.1) is 5.10 Å². The van der Waals surface area contributed by atoms with Crippen molar-refractivity contribution in [2.75, 3.05) is 13.2 Å². The predicted molar refractivity (Wildman–Crippen MR) is 82.4 cm³/mol. The Labute approximate surface area is 131 Å². The normalized spacial score (nSPS) is 14.7. The number of esters is 1. The van der Waals surface area contributed by atoms with E-state index in [4.69, 9.17) is 9.47 Å². The molecule has 2 rings (SSSR count). The third kappa shape index (κ3) is 5.97. The molecule has 0 aromatic carbocycles. The summed E-state index contributed by atoms with van der Waals surface area (Å²) in [4.78, 5) is 11.5. The Hall–Kier alpha value is -1.69. The summed E-state index contributed by atoms with van der Waals surface area (Å²) < 4.78 is 10.5. The van der Waals surface area contributed by atoms with E-state index in [-0.39, 0.29) is 11.5 Å². The largest absolute Gasteiger partial charge is 0.476 e. The molecule has 0 saturated heterocycles. The van der Waals surface area contributed by atoms with Gasteiger partial charge in [-0.3, -0.25) is 4.79 Å². The van der Waals surface area contributed by atoms with Gasteiger partial charge in [-0.05, 0) is 45.6 Å². The third-order valence-corrected chi connectivity index (χ3v) is 3.50. The average molecular weight is 307 g/mol. The van der Waals surface area contributed by atoms with Gasteiger partial charge in [0.15, 0.2) is 0 Å². The van der Waals surface area contributed by atoms with Gasteiger partial charge in [0.1, 0.15) is 0 Å². The molecule has 6 heteroatoms. The molecule has 1 aliphatic rings. The van der Waals surface area contributed by atoms with Gasteiger partial charge in [0.2, 0.25) is 5.88 Å². The first-order valence-corrected chi connectivity index (χ1v) is 7.84. The van der Waals surface area contributed by atoms with Crippen molar-refractivity contribution in [3.05, 3.63) is 17.8 Å². The van der Waals surface area contributed by atoms with Crippen molar-refractivity contribution in [2.24, 2.45) is 5.92 Å². The van der Waals surface area contributed by atoms with Crippen molar-refractivity contribution in [3.63, 3.8) is 0 Å². The van der Waals surface area contributed by atoms with E-state index in [1.165, 1.54) is 12.8 Å². The second-order valence-electron chi connectivity index (χ2n) is 6.34. The van der Waals surface area contributed by atoms with Crippen LogP contribution in [0, 0.1) is 5.92 Å². The van der Waals surface area contributed by atoms with Crippen LogP contribution in [0.3, 0.4) is 0 Å². The molecule has 1 saturated carbocycles. The van der Waals surface area contributed by atoms with Gasteiger partial charge in [-0.25, -0.2) is 0 Å². The van der Waals surface area contributed by atoms with Gasteiger partial charge >= 0.3 is 5.97 Å². The summed E-state index contributed by atoms with van der Waals surface area (Å²) in [7, 11) is 0. The van der Waals surface area contributed by atoms with Gasteiger partial charge in [-0.1, -0.05) is 0 Å². The summed E-state index contributed by atoms with van der Waals surface area (Å²) in [6.07, 6.45) is 2.83. The van der Waals surface area contributed by atoms with Gasteiger partial charge in [-0.2, -0.15) is 5.10 Å². The van der Waals surface area contributed by atoms with E-state index in [2.05, 4.69) is 15.5 Å². The van der Waals surface area contributed by atoms with Gasteiger partial charge in [0.25, 0.3) is 0 Å². The second-order valence-corrected chi connectivity index (χ2v) is 6.34. The Morgan fingerprint density at radius 3 is 2.73 bits per heavy atom. The molecule has 1 fully saturated rings. The lowest BCUT2D eigenvalue weighted by molar-refractivity contribution is -0.144. The topological polar surface area (TPSA) is 73.3 Å². The maximum atomic E-state index is 11.5. The Bertz CT molecular complexity index is 484. The lowest BCUT2D eigenvalue weighted by Crippen LogP contribution is -2.41. The molecule has 1 N–H and O–H groups in total. The first-order valence-electron chi connectivity index (χ1n) is 7.84. The SMILES string of the molecule is CCOC(=O)CC(C)(C)NCc1ccc(OCC2CC2)nn1. The van der Waals surface area contributed by atoms with Crippen LogP contribution in [0.5, 0.6) is 5.88 Å². The maximum absolute atomic E-state index is 11.5. The monoisotopic (exact) mass is 307 g/mol. The van der Waals surface area contributed by atoms with E-state index in [0.717, 1.165) is 12.3 Å². The summed E-state index contributed by atoms with van der Waals surface area (Å²) in [6.45, 7) is 7.42. The van der Waals surface area contributed by atoms with E-state index in [9.17, 15) is 4.79 Å². The maximum Gasteiger partial charge on any atom is 0.307 e. The minimum Gasteiger partial charge on any atom is -0.476 e. The minimum atomic E-state index is -0.352. The van der Waals surface area contributed by atoms with Crippen molar-refractivity contribution in [1.29, 1.82) is 0 Å². The molecule has 1 aromatic heterocycles. The quantitative estimate of drug-likeness (QED) is 0.704. The Morgan fingerprint density at radius 1 is 1.36 bits per heavy atom. The summed E-state index contributed by atoms with van der Waals surface area (Å²) in [5.74, 6) is 1.07. The van der Waals surface area contributed by atoms with Crippen molar-refractivity contribution < 1.29 is 14.3 Å². The molecule has 1 heterocycles. The number of aromatic nitrogens is 2. The van der Waals surface area contributed by atoms with E-state index >= 15 is 0 Å². The van der Waals surface area contributed by atoms with Crippen molar-refractivity contribution in [2.45, 2.75) is 52.1 Å². The smallest absolute Gasteiger partial charge is 0.307 e. The zero-order valence-electron chi connectivity index (χ0n) is 13.6. The number of ether oxygens (including phenoxy) is 2. The molecular formula is C16H25N3O3. The van der Waals surface area contributed by atoms with Crippen LogP contribution in [-0.4, -0.2) is 34.9 Å². The van der Waals surface area contributed by atoms with Crippen LogP contribution in [0.4, 0.5) is 0 Å². The van der Waals surface area contributed by atoms with E-state index in [1.54, 1.807) is 6.92 Å². The van der Waals surface area contributed by atoms with Gasteiger partial charge in [0, 0.05) is 18.2 Å². The first kappa shape index (κ1) is 16.7. The molecular weight excluding hydrogens is 282 g/mol. The number of hydrogen-bond donors (Lipinski definition) is 1. The molecule has 1 aliphatic carbocycles. The summed E-state index contributed by atoms with van der Waals surface area (Å²) in [6, 6.07) is 3.73. The number of carbonyl (C=O) groups excluding carboxylic acids is 1. The molecule has 0 aliphatic heterocycles. The fourth-order valence-corrected chi connectivity index (χ4v) is 1.97. The minimum absolute atomic E-state index is 0.199. The van der Waals surface area contributed by atoms with Gasteiger partial charge in [0.05, 0.1) is 25.3 Å².